The van der Waals surface area contributed by atoms with Gasteiger partial charge in [0.1, 0.15) is 5.82 Å². The van der Waals surface area contributed by atoms with Crippen LogP contribution in [-0.4, -0.2) is 47.6 Å². The number of benzene rings is 1. The summed E-state index contributed by atoms with van der Waals surface area (Å²) in [5.74, 6) is 0.411. The summed E-state index contributed by atoms with van der Waals surface area (Å²) in [6, 6.07) is 8.41. The summed E-state index contributed by atoms with van der Waals surface area (Å²) in [6.07, 6.45) is 0. The first-order valence-electron chi connectivity index (χ1n) is 8.13. The van der Waals surface area contributed by atoms with Gasteiger partial charge in [-0.3, -0.25) is 9.59 Å². The second-order valence-electron chi connectivity index (χ2n) is 5.98. The van der Waals surface area contributed by atoms with E-state index in [1.807, 2.05) is 18.2 Å². The van der Waals surface area contributed by atoms with Gasteiger partial charge in [-0.25, -0.2) is 4.98 Å². The van der Waals surface area contributed by atoms with E-state index in [1.165, 1.54) is 6.07 Å². The fourth-order valence-corrected chi connectivity index (χ4v) is 2.99. The number of nitrogens with one attached hydrogen (secondary N) is 1. The maximum Gasteiger partial charge on any atom is 0.254 e. The van der Waals surface area contributed by atoms with E-state index in [0.717, 1.165) is 5.56 Å². The Balaban J connectivity index is 1.91. The van der Waals surface area contributed by atoms with Crippen molar-refractivity contribution in [3.05, 3.63) is 63.3 Å². The molecular formula is C18H21N3O4. The lowest BCUT2D eigenvalue weighted by atomic mass is 10.1. The summed E-state index contributed by atoms with van der Waals surface area (Å²) in [6.45, 7) is 3.39. The van der Waals surface area contributed by atoms with Gasteiger partial charge in [-0.05, 0) is 24.6 Å². The van der Waals surface area contributed by atoms with Crippen molar-refractivity contribution in [2.75, 3.05) is 26.9 Å². The Morgan fingerprint density at radius 3 is 3.04 bits per heavy atom. The van der Waals surface area contributed by atoms with Crippen molar-refractivity contribution in [3.8, 4) is 0 Å². The van der Waals surface area contributed by atoms with Crippen molar-refractivity contribution in [1.82, 2.24) is 14.9 Å². The highest BCUT2D eigenvalue weighted by molar-refractivity contribution is 5.94. The number of hydrogen-bond donors (Lipinski definition) is 1. The van der Waals surface area contributed by atoms with Crippen LogP contribution in [0, 0.1) is 6.92 Å². The van der Waals surface area contributed by atoms with Crippen LogP contribution in [0.3, 0.4) is 0 Å². The standard InChI is InChI=1S/C18H21N3O4/c1-12-19-15(9-17(22)20-12)16-11-25-7-6-21(16)18(23)14-5-3-4-13(8-14)10-24-2/h3-5,8-9,16H,6-7,10-11H2,1-2H3,(H,19,20,22)/t16-/m0/s1. The highest BCUT2D eigenvalue weighted by Gasteiger charge is 2.30. The molecule has 1 fully saturated rings. The molecule has 1 aliphatic rings. The van der Waals surface area contributed by atoms with Gasteiger partial charge < -0.3 is 19.4 Å². The van der Waals surface area contributed by atoms with Crippen LogP contribution in [0.2, 0.25) is 0 Å². The predicted molar refractivity (Wildman–Crippen MR) is 91.3 cm³/mol. The van der Waals surface area contributed by atoms with Gasteiger partial charge in [0, 0.05) is 25.3 Å². The molecule has 7 heteroatoms. The van der Waals surface area contributed by atoms with Crippen LogP contribution in [0.5, 0.6) is 0 Å². The van der Waals surface area contributed by atoms with Crippen molar-refractivity contribution in [3.63, 3.8) is 0 Å². The quantitative estimate of drug-likeness (QED) is 0.908. The van der Waals surface area contributed by atoms with Crippen LogP contribution in [0.15, 0.2) is 35.1 Å². The van der Waals surface area contributed by atoms with E-state index in [-0.39, 0.29) is 17.5 Å². The normalized spacial score (nSPS) is 17.5. The van der Waals surface area contributed by atoms with Crippen molar-refractivity contribution in [2.45, 2.75) is 19.6 Å². The molecule has 0 saturated carbocycles. The van der Waals surface area contributed by atoms with Crippen LogP contribution in [0.1, 0.15) is 33.5 Å². The molecule has 1 aromatic carbocycles. The number of aromatic nitrogens is 2. The molecule has 1 aliphatic heterocycles. The summed E-state index contributed by atoms with van der Waals surface area (Å²) < 4.78 is 10.7. The molecule has 1 N–H and O–H groups in total. The Kier molecular flexibility index (Phi) is 5.25. The lowest BCUT2D eigenvalue weighted by molar-refractivity contribution is -0.00402. The third-order valence-electron chi connectivity index (χ3n) is 4.10. The number of carbonyl (C=O) groups excluding carboxylic acids is 1. The minimum absolute atomic E-state index is 0.106. The number of H-pyrrole nitrogens is 1. The number of rotatable bonds is 4. The molecule has 0 aliphatic carbocycles. The summed E-state index contributed by atoms with van der Waals surface area (Å²) in [4.78, 5) is 33.5. The van der Waals surface area contributed by atoms with Crippen molar-refractivity contribution >= 4 is 5.91 Å². The fourth-order valence-electron chi connectivity index (χ4n) is 2.99. The van der Waals surface area contributed by atoms with Crippen LogP contribution in [0.25, 0.3) is 0 Å². The molecule has 1 saturated heterocycles. The molecule has 1 atom stereocenters. The molecule has 25 heavy (non-hydrogen) atoms. The third kappa shape index (κ3) is 3.94. The molecule has 7 nitrogen and oxygen atoms in total. The molecule has 1 amide bonds. The number of hydrogen-bond acceptors (Lipinski definition) is 5. The smallest absolute Gasteiger partial charge is 0.254 e. The Bertz CT molecular complexity index is 818. The molecule has 1 aromatic heterocycles. The highest BCUT2D eigenvalue weighted by atomic mass is 16.5. The van der Waals surface area contributed by atoms with E-state index in [2.05, 4.69) is 9.97 Å². The van der Waals surface area contributed by atoms with Gasteiger partial charge in [0.15, 0.2) is 0 Å². The number of nitrogens with zero attached hydrogens (tertiary/aromatic N) is 2. The second kappa shape index (κ2) is 7.58. The van der Waals surface area contributed by atoms with Crippen molar-refractivity contribution < 1.29 is 14.3 Å². The van der Waals surface area contributed by atoms with Crippen LogP contribution in [0.4, 0.5) is 0 Å². The van der Waals surface area contributed by atoms with Crippen LogP contribution >= 0.6 is 0 Å². The molecule has 2 heterocycles. The van der Waals surface area contributed by atoms with Gasteiger partial charge in [0.25, 0.3) is 11.5 Å². The van der Waals surface area contributed by atoms with Gasteiger partial charge in [-0.1, -0.05) is 12.1 Å². The first-order valence-corrected chi connectivity index (χ1v) is 8.13. The molecule has 2 aromatic rings. The number of aromatic amines is 1. The number of methoxy groups -OCH3 is 1. The van der Waals surface area contributed by atoms with Gasteiger partial charge >= 0.3 is 0 Å². The SMILES string of the molecule is COCc1cccc(C(=O)N2CCOC[C@H]2c2cc(=O)[nH]c(C)n2)c1. The summed E-state index contributed by atoms with van der Waals surface area (Å²) >= 11 is 0. The van der Waals surface area contributed by atoms with E-state index < -0.39 is 0 Å². The van der Waals surface area contributed by atoms with E-state index in [4.69, 9.17) is 9.47 Å². The van der Waals surface area contributed by atoms with Gasteiger partial charge in [-0.2, -0.15) is 0 Å². The fraction of sp³-hybridized carbons (Fsp3) is 0.389. The zero-order chi connectivity index (χ0) is 17.8. The monoisotopic (exact) mass is 343 g/mol. The molecular weight excluding hydrogens is 322 g/mol. The Hall–Kier alpha value is -2.51. The Labute approximate surface area is 145 Å². The summed E-state index contributed by atoms with van der Waals surface area (Å²) in [5.41, 5.74) is 1.83. The Morgan fingerprint density at radius 1 is 1.44 bits per heavy atom. The zero-order valence-corrected chi connectivity index (χ0v) is 14.3. The van der Waals surface area contributed by atoms with Gasteiger partial charge in [-0.15, -0.1) is 0 Å². The average molecular weight is 343 g/mol. The third-order valence-corrected chi connectivity index (χ3v) is 4.10. The minimum atomic E-state index is -0.381. The largest absolute Gasteiger partial charge is 0.380 e. The number of morpholine rings is 1. The molecule has 132 valence electrons. The zero-order valence-electron chi connectivity index (χ0n) is 14.3. The van der Waals surface area contributed by atoms with E-state index in [9.17, 15) is 9.59 Å². The maximum atomic E-state index is 13.0. The maximum absolute atomic E-state index is 13.0. The van der Waals surface area contributed by atoms with Crippen molar-refractivity contribution in [2.24, 2.45) is 0 Å². The van der Waals surface area contributed by atoms with Crippen LogP contribution < -0.4 is 5.56 Å². The summed E-state index contributed by atoms with van der Waals surface area (Å²) in [5, 5.41) is 0. The second-order valence-corrected chi connectivity index (χ2v) is 5.98. The molecule has 0 bridgehead atoms. The van der Waals surface area contributed by atoms with E-state index in [0.29, 0.717) is 43.4 Å². The number of amides is 1. The molecule has 3 rings (SSSR count). The molecule has 0 unspecified atom stereocenters. The molecule has 0 radical (unpaired) electrons. The van der Waals surface area contributed by atoms with Gasteiger partial charge in [0.05, 0.1) is 31.6 Å². The van der Waals surface area contributed by atoms with Gasteiger partial charge in [0.2, 0.25) is 0 Å². The minimum Gasteiger partial charge on any atom is -0.380 e. The topological polar surface area (TPSA) is 84.5 Å². The number of carbonyl (C=O) groups is 1. The van der Waals surface area contributed by atoms with E-state index in [1.54, 1.807) is 25.0 Å². The first-order chi connectivity index (χ1) is 12.1. The average Bonchev–Trinajstić information content (AvgIpc) is 2.61. The Morgan fingerprint density at radius 2 is 2.28 bits per heavy atom. The number of aryl methyl sites for hydroxylation is 1. The highest BCUT2D eigenvalue weighted by Crippen LogP contribution is 2.24. The van der Waals surface area contributed by atoms with Crippen molar-refractivity contribution in [1.29, 1.82) is 0 Å². The lowest BCUT2D eigenvalue weighted by Gasteiger charge is -2.35. The first kappa shape index (κ1) is 17.3. The number of ether oxygens (including phenoxy) is 2. The summed E-state index contributed by atoms with van der Waals surface area (Å²) in [7, 11) is 1.62. The predicted octanol–water partition coefficient (Wildman–Crippen LogP) is 1.44. The molecule has 0 spiro atoms. The van der Waals surface area contributed by atoms with Crippen LogP contribution in [-0.2, 0) is 16.1 Å². The van der Waals surface area contributed by atoms with E-state index >= 15 is 0 Å². The lowest BCUT2D eigenvalue weighted by Crippen LogP contribution is -2.44.